The van der Waals surface area contributed by atoms with Gasteiger partial charge in [0.25, 0.3) is 0 Å². The molecule has 0 aliphatic heterocycles. The Balaban J connectivity index is 1.83. The number of hydrogen-bond acceptors (Lipinski definition) is 5. The van der Waals surface area contributed by atoms with Crippen LogP contribution >= 0.6 is 11.8 Å². The summed E-state index contributed by atoms with van der Waals surface area (Å²) in [5.74, 6) is 2.24. The number of hydrogen-bond donors (Lipinski definition) is 1. The van der Waals surface area contributed by atoms with Crippen molar-refractivity contribution in [2.45, 2.75) is 43.4 Å². The topological polar surface area (TPSA) is 51.0 Å². The zero-order chi connectivity index (χ0) is 14.4. The molecule has 0 saturated heterocycles. The average molecular weight is 291 g/mol. The Morgan fingerprint density at radius 2 is 2.25 bits per heavy atom. The van der Waals surface area contributed by atoms with Crippen LogP contribution in [0.15, 0.2) is 33.7 Å². The number of aromatic nitrogens is 2. The van der Waals surface area contributed by atoms with Gasteiger partial charge in [0.1, 0.15) is 0 Å². The Morgan fingerprint density at radius 3 is 3.00 bits per heavy atom. The maximum absolute atomic E-state index is 5.27. The van der Waals surface area contributed by atoms with Crippen LogP contribution in [0.1, 0.15) is 30.6 Å². The van der Waals surface area contributed by atoms with Crippen LogP contribution in [-0.4, -0.2) is 23.2 Å². The van der Waals surface area contributed by atoms with Crippen LogP contribution in [0.25, 0.3) is 0 Å². The zero-order valence-corrected chi connectivity index (χ0v) is 13.0. The first-order chi connectivity index (χ1) is 9.67. The minimum Gasteiger partial charge on any atom is -0.339 e. The predicted molar refractivity (Wildman–Crippen MR) is 81.9 cm³/mol. The molecule has 0 spiro atoms. The molecule has 1 heterocycles. The third-order valence-electron chi connectivity index (χ3n) is 3.15. The van der Waals surface area contributed by atoms with Gasteiger partial charge in [-0.1, -0.05) is 22.9 Å². The van der Waals surface area contributed by atoms with E-state index in [9.17, 15) is 0 Å². The van der Waals surface area contributed by atoms with Gasteiger partial charge in [-0.2, -0.15) is 4.98 Å². The molecule has 0 fully saturated rings. The second-order valence-corrected chi connectivity index (χ2v) is 5.99. The Labute approximate surface area is 124 Å². The molecule has 1 atom stereocenters. The molecule has 1 aromatic carbocycles. The highest BCUT2D eigenvalue weighted by atomic mass is 32.2. The van der Waals surface area contributed by atoms with Crippen molar-refractivity contribution >= 4 is 11.8 Å². The van der Waals surface area contributed by atoms with Crippen molar-refractivity contribution in [3.8, 4) is 0 Å². The normalized spacial score (nSPS) is 12.6. The lowest BCUT2D eigenvalue weighted by Crippen LogP contribution is -2.21. The zero-order valence-electron chi connectivity index (χ0n) is 12.2. The summed E-state index contributed by atoms with van der Waals surface area (Å²) in [4.78, 5) is 5.66. The second kappa shape index (κ2) is 7.45. The molecular formula is C15H21N3OS. The largest absolute Gasteiger partial charge is 0.339 e. The van der Waals surface area contributed by atoms with Gasteiger partial charge in [-0.15, -0.1) is 11.8 Å². The first-order valence-corrected chi connectivity index (χ1v) is 7.84. The third-order valence-corrected chi connectivity index (χ3v) is 4.14. The summed E-state index contributed by atoms with van der Waals surface area (Å²) < 4.78 is 5.27. The third kappa shape index (κ3) is 4.65. The summed E-state index contributed by atoms with van der Waals surface area (Å²) in [6.07, 6.45) is 1.83. The van der Waals surface area contributed by atoms with E-state index in [0.29, 0.717) is 6.04 Å². The highest BCUT2D eigenvalue weighted by Crippen LogP contribution is 2.22. The van der Waals surface area contributed by atoms with Gasteiger partial charge in [0, 0.05) is 17.4 Å². The van der Waals surface area contributed by atoms with Gasteiger partial charge >= 0.3 is 0 Å². The van der Waals surface area contributed by atoms with Gasteiger partial charge in [0.05, 0.1) is 5.75 Å². The van der Waals surface area contributed by atoms with E-state index in [4.69, 9.17) is 4.52 Å². The Kier molecular flexibility index (Phi) is 5.61. The van der Waals surface area contributed by atoms with E-state index in [2.05, 4.69) is 53.6 Å². The SMILES string of the molecule is CNC(C)CCc1nc(CSc2cccc(C)c2)no1. The fourth-order valence-corrected chi connectivity index (χ4v) is 2.64. The number of nitrogens with one attached hydrogen (secondary N) is 1. The molecule has 2 aromatic rings. The Bertz CT molecular complexity index is 541. The van der Waals surface area contributed by atoms with Crippen molar-refractivity contribution in [1.82, 2.24) is 15.5 Å². The van der Waals surface area contributed by atoms with Gasteiger partial charge in [0.15, 0.2) is 5.82 Å². The minimum absolute atomic E-state index is 0.465. The summed E-state index contributed by atoms with van der Waals surface area (Å²) in [5.41, 5.74) is 1.27. The number of benzene rings is 1. The summed E-state index contributed by atoms with van der Waals surface area (Å²) >= 11 is 1.73. The molecule has 0 radical (unpaired) electrons. The standard InChI is InChI=1S/C15H21N3OS/c1-11-5-4-6-13(9-11)20-10-14-17-15(19-18-14)8-7-12(2)16-3/h4-6,9,12,16H,7-8,10H2,1-3H3. The quantitative estimate of drug-likeness (QED) is 0.794. The fourth-order valence-electron chi connectivity index (χ4n) is 1.79. The monoisotopic (exact) mass is 291 g/mol. The summed E-state index contributed by atoms with van der Waals surface area (Å²) in [5, 5.41) is 7.23. The molecule has 20 heavy (non-hydrogen) atoms. The van der Waals surface area contributed by atoms with Gasteiger partial charge in [-0.05, 0) is 39.4 Å². The van der Waals surface area contributed by atoms with Crippen LogP contribution < -0.4 is 5.32 Å². The molecule has 5 heteroatoms. The lowest BCUT2D eigenvalue weighted by atomic mass is 10.2. The summed E-state index contributed by atoms with van der Waals surface area (Å²) in [7, 11) is 1.96. The van der Waals surface area contributed by atoms with Crippen molar-refractivity contribution in [3.05, 3.63) is 41.5 Å². The predicted octanol–water partition coefficient (Wildman–Crippen LogP) is 3.21. The molecular weight excluding hydrogens is 270 g/mol. The van der Waals surface area contributed by atoms with E-state index in [1.165, 1.54) is 10.5 Å². The van der Waals surface area contributed by atoms with Gasteiger partial charge in [0.2, 0.25) is 5.89 Å². The molecule has 4 nitrogen and oxygen atoms in total. The van der Waals surface area contributed by atoms with E-state index in [1.54, 1.807) is 11.8 Å². The lowest BCUT2D eigenvalue weighted by Gasteiger charge is -2.06. The molecule has 0 bridgehead atoms. The van der Waals surface area contributed by atoms with Crippen molar-refractivity contribution in [2.75, 3.05) is 7.05 Å². The van der Waals surface area contributed by atoms with Crippen molar-refractivity contribution in [2.24, 2.45) is 0 Å². The lowest BCUT2D eigenvalue weighted by molar-refractivity contribution is 0.365. The molecule has 2 rings (SSSR count). The van der Waals surface area contributed by atoms with Crippen LogP contribution in [0, 0.1) is 6.92 Å². The highest BCUT2D eigenvalue weighted by Gasteiger charge is 2.08. The van der Waals surface area contributed by atoms with Gasteiger partial charge in [-0.3, -0.25) is 0 Å². The second-order valence-electron chi connectivity index (χ2n) is 4.94. The van der Waals surface area contributed by atoms with E-state index < -0.39 is 0 Å². The van der Waals surface area contributed by atoms with E-state index in [0.717, 1.165) is 30.3 Å². The van der Waals surface area contributed by atoms with E-state index in [-0.39, 0.29) is 0 Å². The van der Waals surface area contributed by atoms with Crippen LogP contribution in [0.4, 0.5) is 0 Å². The van der Waals surface area contributed by atoms with Crippen LogP contribution in [0.5, 0.6) is 0 Å². The van der Waals surface area contributed by atoms with Crippen molar-refractivity contribution in [1.29, 1.82) is 0 Å². The van der Waals surface area contributed by atoms with E-state index in [1.807, 2.05) is 7.05 Å². The number of rotatable bonds is 7. The molecule has 0 aliphatic rings. The summed E-state index contributed by atoms with van der Waals surface area (Å²) in [6, 6.07) is 8.90. The molecule has 1 unspecified atom stereocenters. The maximum atomic E-state index is 5.27. The van der Waals surface area contributed by atoms with Crippen LogP contribution in [0.3, 0.4) is 0 Å². The minimum atomic E-state index is 0.465. The Morgan fingerprint density at radius 1 is 1.40 bits per heavy atom. The van der Waals surface area contributed by atoms with Crippen molar-refractivity contribution < 1.29 is 4.52 Å². The summed E-state index contributed by atoms with van der Waals surface area (Å²) in [6.45, 7) is 4.24. The molecule has 1 aromatic heterocycles. The first kappa shape index (κ1) is 15.1. The number of thioether (sulfide) groups is 1. The van der Waals surface area contributed by atoms with Crippen LogP contribution in [-0.2, 0) is 12.2 Å². The molecule has 1 N–H and O–H groups in total. The average Bonchev–Trinajstić information content (AvgIpc) is 2.90. The first-order valence-electron chi connectivity index (χ1n) is 6.85. The van der Waals surface area contributed by atoms with Crippen LogP contribution in [0.2, 0.25) is 0 Å². The number of aryl methyl sites for hydroxylation is 2. The van der Waals surface area contributed by atoms with Gasteiger partial charge in [-0.25, -0.2) is 0 Å². The molecule has 0 amide bonds. The molecule has 108 valence electrons. The number of nitrogens with zero attached hydrogens (tertiary/aromatic N) is 2. The smallest absolute Gasteiger partial charge is 0.226 e. The molecule has 0 aliphatic carbocycles. The maximum Gasteiger partial charge on any atom is 0.226 e. The van der Waals surface area contributed by atoms with E-state index >= 15 is 0 Å². The van der Waals surface area contributed by atoms with Crippen molar-refractivity contribution in [3.63, 3.8) is 0 Å². The fraction of sp³-hybridized carbons (Fsp3) is 0.467. The Hall–Kier alpha value is -1.33. The highest BCUT2D eigenvalue weighted by molar-refractivity contribution is 7.98. The van der Waals surface area contributed by atoms with Gasteiger partial charge < -0.3 is 9.84 Å². The molecule has 0 saturated carbocycles.